The van der Waals surface area contributed by atoms with E-state index in [1.807, 2.05) is 6.07 Å². The monoisotopic (exact) mass is 382 g/mol. The normalized spacial score (nSPS) is 10.0. The molecule has 1 aromatic heterocycles. The van der Waals surface area contributed by atoms with E-state index in [9.17, 15) is 4.79 Å². The Morgan fingerprint density at radius 3 is 2.84 bits per heavy atom. The van der Waals surface area contributed by atoms with Crippen LogP contribution >= 0.6 is 31.9 Å². The van der Waals surface area contributed by atoms with Crippen molar-refractivity contribution in [1.82, 2.24) is 9.78 Å². The zero-order chi connectivity index (χ0) is 14.0. The zero-order valence-corrected chi connectivity index (χ0v) is 13.0. The minimum absolute atomic E-state index is 0.254. The molecule has 1 N–H and O–H groups in total. The molecule has 0 spiro atoms. The number of aromatic nitrogens is 2. The van der Waals surface area contributed by atoms with Crippen LogP contribution in [-0.4, -0.2) is 15.7 Å². The third kappa shape index (κ3) is 3.03. The lowest BCUT2D eigenvalue weighted by Gasteiger charge is -2.05. The second-order valence-electron chi connectivity index (χ2n) is 3.76. The van der Waals surface area contributed by atoms with E-state index in [2.05, 4.69) is 42.3 Å². The molecule has 1 heterocycles. The average molecular weight is 384 g/mol. The fraction of sp³-hybridized carbons (Fsp3) is 0.0833. The molecule has 7 heteroatoms. The molecule has 0 aliphatic heterocycles. The SMILES string of the molecule is Cn1cc(C#N)c(NC(=O)c2ccc(Br)cc2Br)n1. The van der Waals surface area contributed by atoms with Gasteiger partial charge in [-0.25, -0.2) is 0 Å². The molecular weight excluding hydrogens is 376 g/mol. The largest absolute Gasteiger partial charge is 0.304 e. The van der Waals surface area contributed by atoms with Crippen LogP contribution in [0.3, 0.4) is 0 Å². The van der Waals surface area contributed by atoms with Crippen LogP contribution < -0.4 is 5.32 Å². The number of carbonyl (C=O) groups is 1. The van der Waals surface area contributed by atoms with Gasteiger partial charge in [0, 0.05) is 22.2 Å². The molecule has 0 aliphatic rings. The van der Waals surface area contributed by atoms with Crippen molar-refractivity contribution in [2.75, 3.05) is 5.32 Å². The fourth-order valence-corrected chi connectivity index (χ4v) is 2.74. The van der Waals surface area contributed by atoms with E-state index in [4.69, 9.17) is 5.26 Å². The number of nitrogens with zero attached hydrogens (tertiary/aromatic N) is 3. The average Bonchev–Trinajstić information content (AvgIpc) is 2.69. The highest BCUT2D eigenvalue weighted by molar-refractivity contribution is 9.11. The van der Waals surface area contributed by atoms with Crippen LogP contribution in [0.5, 0.6) is 0 Å². The maximum Gasteiger partial charge on any atom is 0.258 e. The molecule has 0 saturated carbocycles. The maximum atomic E-state index is 12.1. The first-order valence-electron chi connectivity index (χ1n) is 5.21. The Bertz CT molecular complexity index is 688. The third-order valence-corrected chi connectivity index (χ3v) is 3.51. The Balaban J connectivity index is 2.28. The summed E-state index contributed by atoms with van der Waals surface area (Å²) < 4.78 is 3.01. The van der Waals surface area contributed by atoms with Gasteiger partial charge in [0.05, 0.1) is 5.56 Å². The van der Waals surface area contributed by atoms with Gasteiger partial charge in [-0.3, -0.25) is 9.48 Å². The van der Waals surface area contributed by atoms with Crippen molar-refractivity contribution in [2.45, 2.75) is 0 Å². The van der Waals surface area contributed by atoms with Gasteiger partial charge in [0.15, 0.2) is 5.82 Å². The highest BCUT2D eigenvalue weighted by atomic mass is 79.9. The number of hydrogen-bond donors (Lipinski definition) is 1. The van der Waals surface area contributed by atoms with Crippen LogP contribution in [0.2, 0.25) is 0 Å². The number of hydrogen-bond acceptors (Lipinski definition) is 3. The molecule has 0 unspecified atom stereocenters. The van der Waals surface area contributed by atoms with Gasteiger partial charge < -0.3 is 5.32 Å². The first kappa shape index (κ1) is 13.8. The smallest absolute Gasteiger partial charge is 0.258 e. The van der Waals surface area contributed by atoms with Gasteiger partial charge in [0.25, 0.3) is 5.91 Å². The van der Waals surface area contributed by atoms with E-state index < -0.39 is 0 Å². The van der Waals surface area contributed by atoms with E-state index in [0.29, 0.717) is 15.6 Å². The first-order valence-corrected chi connectivity index (χ1v) is 6.80. The van der Waals surface area contributed by atoms with Gasteiger partial charge in [0.2, 0.25) is 0 Å². The molecule has 1 amide bonds. The topological polar surface area (TPSA) is 70.7 Å². The summed E-state index contributed by atoms with van der Waals surface area (Å²) in [7, 11) is 1.69. The molecule has 0 saturated heterocycles. The van der Waals surface area contributed by atoms with Gasteiger partial charge in [-0.05, 0) is 34.1 Å². The van der Waals surface area contributed by atoms with Crippen molar-refractivity contribution in [3.8, 4) is 6.07 Å². The summed E-state index contributed by atoms with van der Waals surface area (Å²) in [6.45, 7) is 0. The van der Waals surface area contributed by atoms with Crippen LogP contribution in [0.15, 0.2) is 33.3 Å². The van der Waals surface area contributed by atoms with Crippen LogP contribution in [0.1, 0.15) is 15.9 Å². The number of amides is 1. The number of aryl methyl sites for hydroxylation is 1. The molecule has 0 aliphatic carbocycles. The number of nitriles is 1. The van der Waals surface area contributed by atoms with Crippen molar-refractivity contribution in [3.05, 3.63) is 44.5 Å². The maximum absolute atomic E-state index is 12.1. The van der Waals surface area contributed by atoms with E-state index in [1.165, 1.54) is 4.68 Å². The third-order valence-electron chi connectivity index (χ3n) is 2.36. The quantitative estimate of drug-likeness (QED) is 0.866. The molecule has 2 aromatic rings. The summed E-state index contributed by atoms with van der Waals surface area (Å²) in [6.07, 6.45) is 1.55. The van der Waals surface area contributed by atoms with Gasteiger partial charge >= 0.3 is 0 Å². The van der Waals surface area contributed by atoms with Crippen molar-refractivity contribution in [2.24, 2.45) is 7.05 Å². The molecule has 0 bridgehead atoms. The lowest BCUT2D eigenvalue weighted by Crippen LogP contribution is -2.14. The van der Waals surface area contributed by atoms with Gasteiger partial charge in [-0.1, -0.05) is 15.9 Å². The molecule has 96 valence electrons. The first-order chi connectivity index (χ1) is 9.01. The van der Waals surface area contributed by atoms with E-state index >= 15 is 0 Å². The number of rotatable bonds is 2. The van der Waals surface area contributed by atoms with E-state index in [-0.39, 0.29) is 11.7 Å². The second kappa shape index (κ2) is 5.55. The van der Waals surface area contributed by atoms with Crippen molar-refractivity contribution >= 4 is 43.6 Å². The van der Waals surface area contributed by atoms with Crippen LogP contribution in [0, 0.1) is 11.3 Å². The Morgan fingerprint density at radius 2 is 2.21 bits per heavy atom. The molecule has 5 nitrogen and oxygen atoms in total. The number of nitrogens with one attached hydrogen (secondary N) is 1. The number of anilines is 1. The van der Waals surface area contributed by atoms with Crippen molar-refractivity contribution in [1.29, 1.82) is 5.26 Å². The lowest BCUT2D eigenvalue weighted by atomic mass is 10.2. The predicted molar refractivity (Wildman–Crippen MR) is 77.7 cm³/mol. The van der Waals surface area contributed by atoms with Crippen molar-refractivity contribution < 1.29 is 4.79 Å². The minimum Gasteiger partial charge on any atom is -0.304 e. The lowest BCUT2D eigenvalue weighted by molar-refractivity contribution is 0.102. The standard InChI is InChI=1S/C12H8Br2N4O/c1-18-6-7(5-15)11(17-18)16-12(19)9-3-2-8(13)4-10(9)14/h2-4,6H,1H3,(H,16,17,19). The van der Waals surface area contributed by atoms with E-state index in [1.54, 1.807) is 31.4 Å². The van der Waals surface area contributed by atoms with E-state index in [0.717, 1.165) is 4.47 Å². The molecule has 19 heavy (non-hydrogen) atoms. The highest BCUT2D eigenvalue weighted by Gasteiger charge is 2.14. The molecule has 2 rings (SSSR count). The number of halogens is 2. The molecular formula is C12H8Br2N4O. The predicted octanol–water partition coefficient (Wildman–Crippen LogP) is 3.07. The Labute approximate surface area is 126 Å². The summed E-state index contributed by atoms with van der Waals surface area (Å²) in [5.74, 6) is -0.0700. The summed E-state index contributed by atoms with van der Waals surface area (Å²) in [5, 5.41) is 15.6. The van der Waals surface area contributed by atoms with Crippen LogP contribution in [0.4, 0.5) is 5.82 Å². The van der Waals surface area contributed by atoms with Gasteiger partial charge in [-0.2, -0.15) is 10.4 Å². The molecule has 0 fully saturated rings. The Hall–Kier alpha value is -1.65. The van der Waals surface area contributed by atoms with Crippen molar-refractivity contribution in [3.63, 3.8) is 0 Å². The molecule has 0 atom stereocenters. The molecule has 1 aromatic carbocycles. The van der Waals surface area contributed by atoms with Gasteiger partial charge in [-0.15, -0.1) is 0 Å². The summed E-state index contributed by atoms with van der Waals surface area (Å²) >= 11 is 6.64. The summed E-state index contributed by atoms with van der Waals surface area (Å²) in [5.41, 5.74) is 0.793. The molecule has 0 radical (unpaired) electrons. The highest BCUT2D eigenvalue weighted by Crippen LogP contribution is 2.23. The fourth-order valence-electron chi connectivity index (χ4n) is 1.51. The van der Waals surface area contributed by atoms with Crippen LogP contribution in [0.25, 0.3) is 0 Å². The Morgan fingerprint density at radius 1 is 1.47 bits per heavy atom. The van der Waals surface area contributed by atoms with Gasteiger partial charge in [0.1, 0.15) is 11.6 Å². The summed E-state index contributed by atoms with van der Waals surface area (Å²) in [6, 6.07) is 7.20. The second-order valence-corrected chi connectivity index (χ2v) is 5.53. The number of carbonyl (C=O) groups excluding carboxylic acids is 1. The summed E-state index contributed by atoms with van der Waals surface area (Å²) in [4.78, 5) is 12.1. The Kier molecular flexibility index (Phi) is 4.02. The van der Waals surface area contributed by atoms with Crippen LogP contribution in [-0.2, 0) is 7.05 Å². The minimum atomic E-state index is -0.324. The zero-order valence-electron chi connectivity index (χ0n) is 9.82. The number of benzene rings is 1.